The summed E-state index contributed by atoms with van der Waals surface area (Å²) in [5.74, 6) is -0.571. The van der Waals surface area contributed by atoms with Gasteiger partial charge >= 0.3 is 0 Å². The fourth-order valence-corrected chi connectivity index (χ4v) is 3.01. The van der Waals surface area contributed by atoms with Gasteiger partial charge in [-0.3, -0.25) is 19.3 Å². The Labute approximate surface area is 152 Å². The summed E-state index contributed by atoms with van der Waals surface area (Å²) < 4.78 is 0. The molecule has 0 aromatic heterocycles. The number of carbonyl (C=O) groups excluding carboxylic acids is 3. The minimum atomic E-state index is -0.228. The molecular weight excluding hydrogens is 330 g/mol. The predicted molar refractivity (Wildman–Crippen MR) is 98.0 cm³/mol. The van der Waals surface area contributed by atoms with E-state index in [1.54, 1.807) is 43.4 Å². The Morgan fingerprint density at radius 1 is 1.00 bits per heavy atom. The molecule has 3 amide bonds. The number of likely N-dealkylation sites (N-methyl/N-ethyl adjacent to an activating group) is 1. The Kier molecular flexibility index (Phi) is 5.14. The van der Waals surface area contributed by atoms with Crippen LogP contribution in [0.1, 0.15) is 36.6 Å². The third-order valence-corrected chi connectivity index (χ3v) is 4.48. The number of nitrogens with one attached hydrogen (secondary N) is 1. The van der Waals surface area contributed by atoms with Crippen LogP contribution in [0, 0.1) is 0 Å². The van der Waals surface area contributed by atoms with Gasteiger partial charge in [0, 0.05) is 32.2 Å². The Morgan fingerprint density at radius 3 is 2.12 bits per heavy atom. The molecule has 0 unspecified atom stereocenters. The summed E-state index contributed by atoms with van der Waals surface area (Å²) >= 11 is 0. The van der Waals surface area contributed by atoms with E-state index in [9.17, 15) is 14.4 Å². The zero-order valence-corrected chi connectivity index (χ0v) is 14.9. The Bertz CT molecular complexity index is 811. The normalized spacial score (nSPS) is 13.3. The lowest BCUT2D eigenvalue weighted by atomic mass is 10.1. The van der Waals surface area contributed by atoms with Crippen LogP contribution in [-0.2, 0) is 6.54 Å². The highest BCUT2D eigenvalue weighted by Crippen LogP contribution is 2.22. The molecule has 1 heterocycles. The Hall–Kier alpha value is -2.99. The van der Waals surface area contributed by atoms with Crippen molar-refractivity contribution in [1.82, 2.24) is 15.1 Å². The van der Waals surface area contributed by atoms with Crippen molar-refractivity contribution >= 4 is 17.7 Å². The molecule has 6 nitrogen and oxygen atoms in total. The summed E-state index contributed by atoms with van der Waals surface area (Å²) in [5, 5.41) is 2.59. The van der Waals surface area contributed by atoms with E-state index in [2.05, 4.69) is 5.32 Å². The largest absolute Gasteiger partial charge is 0.355 e. The number of hydrogen-bond donors (Lipinski definition) is 1. The lowest BCUT2D eigenvalue weighted by Gasteiger charge is -2.20. The number of fused-ring (bicyclic) bond motifs is 1. The lowest BCUT2D eigenvalue weighted by Crippen LogP contribution is -2.36. The van der Waals surface area contributed by atoms with Crippen molar-refractivity contribution < 1.29 is 14.4 Å². The molecule has 0 fully saturated rings. The van der Waals surface area contributed by atoms with Gasteiger partial charge in [0.2, 0.25) is 0 Å². The van der Waals surface area contributed by atoms with Gasteiger partial charge in [0.15, 0.2) is 0 Å². The van der Waals surface area contributed by atoms with E-state index in [0.29, 0.717) is 36.3 Å². The van der Waals surface area contributed by atoms with Crippen LogP contribution >= 0.6 is 0 Å². The van der Waals surface area contributed by atoms with Crippen molar-refractivity contribution in [1.29, 1.82) is 0 Å². The first-order valence-corrected chi connectivity index (χ1v) is 8.46. The van der Waals surface area contributed by atoms with E-state index in [1.165, 1.54) is 4.90 Å². The zero-order chi connectivity index (χ0) is 18.7. The highest BCUT2D eigenvalue weighted by molar-refractivity contribution is 6.21. The van der Waals surface area contributed by atoms with Crippen molar-refractivity contribution in [3.8, 4) is 0 Å². The number of rotatable bonds is 6. The smallest absolute Gasteiger partial charge is 0.261 e. The van der Waals surface area contributed by atoms with Gasteiger partial charge in [-0.2, -0.15) is 0 Å². The highest BCUT2D eigenvalue weighted by Gasteiger charge is 2.34. The van der Waals surface area contributed by atoms with Crippen molar-refractivity contribution in [3.63, 3.8) is 0 Å². The quantitative estimate of drug-likeness (QED) is 0.806. The first-order valence-electron chi connectivity index (χ1n) is 8.46. The topological polar surface area (TPSA) is 69.7 Å². The molecular formula is C20H21N3O3. The summed E-state index contributed by atoms with van der Waals surface area (Å²) in [6, 6.07) is 14.3. The number of benzene rings is 2. The molecule has 1 aliphatic rings. The molecule has 0 spiro atoms. The van der Waals surface area contributed by atoms with Gasteiger partial charge in [0.25, 0.3) is 17.7 Å². The third kappa shape index (κ3) is 3.50. The van der Waals surface area contributed by atoms with Gasteiger partial charge in [-0.25, -0.2) is 0 Å². The molecule has 134 valence electrons. The average Bonchev–Trinajstić information content (AvgIpc) is 2.91. The number of nitrogens with zero attached hydrogens (tertiary/aromatic N) is 2. The summed E-state index contributed by atoms with van der Waals surface area (Å²) in [6.45, 7) is 1.58. The molecule has 26 heavy (non-hydrogen) atoms. The molecule has 0 saturated heterocycles. The van der Waals surface area contributed by atoms with E-state index < -0.39 is 0 Å². The van der Waals surface area contributed by atoms with Gasteiger partial charge in [-0.05, 0) is 36.9 Å². The van der Waals surface area contributed by atoms with Gasteiger partial charge in [0.1, 0.15) is 0 Å². The fourth-order valence-electron chi connectivity index (χ4n) is 3.01. The van der Waals surface area contributed by atoms with Gasteiger partial charge < -0.3 is 10.2 Å². The van der Waals surface area contributed by atoms with Crippen LogP contribution in [0.25, 0.3) is 0 Å². The molecule has 6 heteroatoms. The molecule has 0 atom stereocenters. The first-order chi connectivity index (χ1) is 12.5. The summed E-state index contributed by atoms with van der Waals surface area (Å²) in [6.07, 6.45) is 0. The highest BCUT2D eigenvalue weighted by atomic mass is 16.2. The monoisotopic (exact) mass is 351 g/mol. The Balaban J connectivity index is 1.56. The molecule has 0 bridgehead atoms. The predicted octanol–water partition coefficient (Wildman–Crippen LogP) is 1.77. The van der Waals surface area contributed by atoms with Crippen LogP contribution in [-0.4, -0.2) is 54.7 Å². The zero-order valence-electron chi connectivity index (χ0n) is 14.9. The van der Waals surface area contributed by atoms with Crippen molar-refractivity contribution in [2.75, 3.05) is 27.2 Å². The summed E-state index contributed by atoms with van der Waals surface area (Å²) in [4.78, 5) is 39.6. The van der Waals surface area contributed by atoms with Gasteiger partial charge in [0.05, 0.1) is 11.1 Å². The second kappa shape index (κ2) is 7.49. The standard InChI is InChI=1S/C20H21N3O3/c1-21-18(24)15-9-7-14(8-10-15)13-22(2)11-12-23-19(25)16-5-3-4-6-17(16)20(23)26/h3-10H,11-13H2,1-2H3,(H,21,24). The van der Waals surface area contributed by atoms with E-state index in [-0.39, 0.29) is 17.7 Å². The van der Waals surface area contributed by atoms with E-state index in [0.717, 1.165) is 5.56 Å². The molecule has 2 aromatic rings. The maximum atomic E-state index is 12.4. The van der Waals surface area contributed by atoms with E-state index in [4.69, 9.17) is 0 Å². The number of hydrogen-bond acceptors (Lipinski definition) is 4. The van der Waals surface area contributed by atoms with Crippen molar-refractivity contribution in [2.24, 2.45) is 0 Å². The maximum Gasteiger partial charge on any atom is 0.261 e. The van der Waals surface area contributed by atoms with Crippen molar-refractivity contribution in [2.45, 2.75) is 6.54 Å². The van der Waals surface area contributed by atoms with Gasteiger partial charge in [-0.1, -0.05) is 24.3 Å². The van der Waals surface area contributed by atoms with Crippen LogP contribution in [0.5, 0.6) is 0 Å². The van der Waals surface area contributed by atoms with Crippen LogP contribution in [0.2, 0.25) is 0 Å². The van der Waals surface area contributed by atoms with Gasteiger partial charge in [-0.15, -0.1) is 0 Å². The molecule has 0 radical (unpaired) electrons. The average molecular weight is 351 g/mol. The van der Waals surface area contributed by atoms with Crippen LogP contribution < -0.4 is 5.32 Å². The minimum absolute atomic E-state index is 0.115. The number of imide groups is 1. The third-order valence-electron chi connectivity index (χ3n) is 4.48. The van der Waals surface area contributed by atoms with Crippen molar-refractivity contribution in [3.05, 3.63) is 70.8 Å². The van der Waals surface area contributed by atoms with Crippen LogP contribution in [0.4, 0.5) is 0 Å². The van der Waals surface area contributed by atoms with E-state index >= 15 is 0 Å². The molecule has 1 aliphatic heterocycles. The lowest BCUT2D eigenvalue weighted by molar-refractivity contribution is 0.0640. The van der Waals surface area contributed by atoms with Crippen LogP contribution in [0.15, 0.2) is 48.5 Å². The minimum Gasteiger partial charge on any atom is -0.355 e. The molecule has 2 aromatic carbocycles. The fraction of sp³-hybridized carbons (Fsp3) is 0.250. The van der Waals surface area contributed by atoms with E-state index in [1.807, 2.05) is 24.1 Å². The second-order valence-corrected chi connectivity index (χ2v) is 6.32. The summed E-state index contributed by atoms with van der Waals surface area (Å²) in [5.41, 5.74) is 2.63. The van der Waals surface area contributed by atoms with Crippen LogP contribution in [0.3, 0.4) is 0 Å². The second-order valence-electron chi connectivity index (χ2n) is 6.32. The Morgan fingerprint density at radius 2 is 1.58 bits per heavy atom. The molecule has 3 rings (SSSR count). The molecule has 1 N–H and O–H groups in total. The maximum absolute atomic E-state index is 12.4. The number of amides is 3. The first kappa shape index (κ1) is 17.8. The molecule has 0 saturated carbocycles. The number of carbonyl (C=O) groups is 3. The molecule has 0 aliphatic carbocycles. The SMILES string of the molecule is CNC(=O)c1ccc(CN(C)CCN2C(=O)c3ccccc3C2=O)cc1. The summed E-state index contributed by atoms with van der Waals surface area (Å²) in [7, 11) is 3.54.